The highest BCUT2D eigenvalue weighted by Crippen LogP contribution is 2.11. The van der Waals surface area contributed by atoms with E-state index in [2.05, 4.69) is 24.0 Å². The maximum atomic E-state index is 10.6. The van der Waals surface area contributed by atoms with Crippen molar-refractivity contribution < 1.29 is 4.92 Å². The van der Waals surface area contributed by atoms with E-state index in [9.17, 15) is 10.1 Å². The van der Waals surface area contributed by atoms with Crippen LogP contribution in [0.2, 0.25) is 0 Å². The largest absolute Gasteiger partial charge is 0.289 e. The van der Waals surface area contributed by atoms with Crippen molar-refractivity contribution in [1.29, 1.82) is 0 Å². The van der Waals surface area contributed by atoms with Crippen LogP contribution in [0.3, 0.4) is 0 Å². The van der Waals surface area contributed by atoms with Gasteiger partial charge in [-0.1, -0.05) is 30.3 Å². The molecule has 0 aliphatic rings. The van der Waals surface area contributed by atoms with Gasteiger partial charge in [-0.25, -0.2) is 0 Å². The molecule has 0 radical (unpaired) electrons. The Balaban J connectivity index is 1.96. The summed E-state index contributed by atoms with van der Waals surface area (Å²) in [6.07, 6.45) is 2.64. The van der Waals surface area contributed by atoms with Crippen molar-refractivity contribution in [1.82, 2.24) is 0 Å². The minimum absolute atomic E-state index is 0.0967. The summed E-state index contributed by atoms with van der Waals surface area (Å²) in [5.41, 5.74) is 2.22. The molecule has 1 atom stereocenters. The summed E-state index contributed by atoms with van der Waals surface area (Å²) >= 11 is 0. The van der Waals surface area contributed by atoms with Crippen LogP contribution in [-0.2, 0) is 6.42 Å². The maximum absolute atomic E-state index is 10.6. The molecule has 0 heterocycles. The van der Waals surface area contributed by atoms with Crippen molar-refractivity contribution in [2.24, 2.45) is 4.99 Å². The molecule has 0 unspecified atom stereocenters. The Morgan fingerprint density at radius 2 is 1.80 bits per heavy atom. The zero-order chi connectivity index (χ0) is 14.4. The predicted octanol–water partition coefficient (Wildman–Crippen LogP) is 3.64. The molecule has 102 valence electrons. The quantitative estimate of drug-likeness (QED) is 0.472. The highest BCUT2D eigenvalue weighted by Gasteiger charge is 2.03. The third kappa shape index (κ3) is 4.02. The van der Waals surface area contributed by atoms with Crippen molar-refractivity contribution in [3.8, 4) is 0 Å². The fraction of sp³-hybridized carbons (Fsp3) is 0.188. The van der Waals surface area contributed by atoms with E-state index < -0.39 is 4.92 Å². The fourth-order valence-electron chi connectivity index (χ4n) is 1.90. The van der Waals surface area contributed by atoms with Crippen molar-refractivity contribution in [3.63, 3.8) is 0 Å². The zero-order valence-corrected chi connectivity index (χ0v) is 11.3. The van der Waals surface area contributed by atoms with E-state index in [1.807, 2.05) is 18.2 Å². The van der Waals surface area contributed by atoms with Gasteiger partial charge in [0, 0.05) is 18.3 Å². The van der Waals surface area contributed by atoms with Gasteiger partial charge in [0.25, 0.3) is 5.69 Å². The van der Waals surface area contributed by atoms with Gasteiger partial charge < -0.3 is 0 Å². The zero-order valence-electron chi connectivity index (χ0n) is 11.3. The van der Waals surface area contributed by atoms with E-state index in [-0.39, 0.29) is 11.7 Å². The van der Waals surface area contributed by atoms with E-state index in [1.54, 1.807) is 18.3 Å². The van der Waals surface area contributed by atoms with Gasteiger partial charge in [-0.15, -0.1) is 0 Å². The summed E-state index contributed by atoms with van der Waals surface area (Å²) in [6, 6.07) is 16.8. The maximum Gasteiger partial charge on any atom is 0.269 e. The van der Waals surface area contributed by atoms with Crippen molar-refractivity contribution in [2.45, 2.75) is 19.4 Å². The van der Waals surface area contributed by atoms with E-state index in [0.29, 0.717) is 0 Å². The molecule has 2 aromatic rings. The molecule has 0 aromatic heterocycles. The lowest BCUT2D eigenvalue weighted by molar-refractivity contribution is -0.384. The Labute approximate surface area is 117 Å². The summed E-state index contributed by atoms with van der Waals surface area (Å²) < 4.78 is 0. The molecule has 0 saturated heterocycles. The first-order valence-electron chi connectivity index (χ1n) is 6.47. The second-order valence-electron chi connectivity index (χ2n) is 4.67. The first kappa shape index (κ1) is 13.9. The van der Waals surface area contributed by atoms with E-state index in [1.165, 1.54) is 17.7 Å². The van der Waals surface area contributed by atoms with E-state index >= 15 is 0 Å². The number of hydrogen-bond acceptors (Lipinski definition) is 3. The lowest BCUT2D eigenvalue weighted by Gasteiger charge is -2.05. The molecule has 4 heteroatoms. The first-order chi connectivity index (χ1) is 9.65. The minimum Gasteiger partial charge on any atom is -0.289 e. The third-order valence-electron chi connectivity index (χ3n) is 2.96. The van der Waals surface area contributed by atoms with Crippen molar-refractivity contribution in [3.05, 3.63) is 75.8 Å². The van der Waals surface area contributed by atoms with Gasteiger partial charge in [0.1, 0.15) is 0 Å². The van der Waals surface area contributed by atoms with Crippen LogP contribution in [-0.4, -0.2) is 17.2 Å². The van der Waals surface area contributed by atoms with Gasteiger partial charge in [0.15, 0.2) is 0 Å². The second-order valence-corrected chi connectivity index (χ2v) is 4.67. The Morgan fingerprint density at radius 1 is 1.15 bits per heavy atom. The first-order valence-corrected chi connectivity index (χ1v) is 6.47. The number of hydrogen-bond donors (Lipinski definition) is 0. The van der Waals surface area contributed by atoms with Crippen LogP contribution in [0.1, 0.15) is 18.1 Å². The monoisotopic (exact) mass is 268 g/mol. The molecule has 20 heavy (non-hydrogen) atoms. The third-order valence-corrected chi connectivity index (χ3v) is 2.96. The Hall–Kier alpha value is -2.49. The topological polar surface area (TPSA) is 55.5 Å². The molecule has 4 nitrogen and oxygen atoms in total. The average Bonchev–Trinajstić information content (AvgIpc) is 2.46. The molecule has 0 saturated carbocycles. The molecule has 2 rings (SSSR count). The number of rotatable bonds is 5. The van der Waals surface area contributed by atoms with Crippen LogP contribution < -0.4 is 0 Å². The van der Waals surface area contributed by atoms with Gasteiger partial charge >= 0.3 is 0 Å². The van der Waals surface area contributed by atoms with Crippen molar-refractivity contribution >= 4 is 11.9 Å². The smallest absolute Gasteiger partial charge is 0.269 e. The second kappa shape index (κ2) is 6.61. The molecule has 0 aliphatic heterocycles. The van der Waals surface area contributed by atoms with Gasteiger partial charge in [0.05, 0.1) is 11.0 Å². The molecule has 0 amide bonds. The summed E-state index contributed by atoms with van der Waals surface area (Å²) in [6.45, 7) is 2.05. The molecule has 0 bridgehead atoms. The van der Waals surface area contributed by atoms with Gasteiger partial charge in [-0.3, -0.25) is 15.1 Å². The van der Waals surface area contributed by atoms with Gasteiger partial charge in [-0.2, -0.15) is 0 Å². The van der Waals surface area contributed by atoms with E-state index in [4.69, 9.17) is 0 Å². The van der Waals surface area contributed by atoms with E-state index in [0.717, 1.165) is 12.0 Å². The number of nitro benzene ring substituents is 1. The molecule has 2 aromatic carbocycles. The number of benzene rings is 2. The number of non-ortho nitro benzene ring substituents is 1. The summed E-state index contributed by atoms with van der Waals surface area (Å²) in [7, 11) is 0. The normalized spacial score (nSPS) is 12.4. The molecule has 0 spiro atoms. The lowest BCUT2D eigenvalue weighted by Crippen LogP contribution is -2.03. The van der Waals surface area contributed by atoms with Crippen LogP contribution in [0.15, 0.2) is 59.6 Å². The standard InChI is InChI=1S/C16H16N2O2/c1-13(11-14-5-3-2-4-6-14)17-12-15-7-9-16(10-8-15)18(19)20/h2-10,12-13H,11H2,1H3/t13-/m1/s1. The molecule has 0 fully saturated rings. The van der Waals surface area contributed by atoms with Crippen LogP contribution in [0.5, 0.6) is 0 Å². The van der Waals surface area contributed by atoms with Gasteiger partial charge in [0.2, 0.25) is 0 Å². The minimum atomic E-state index is -0.404. The van der Waals surface area contributed by atoms with Crippen LogP contribution in [0.25, 0.3) is 0 Å². The number of nitro groups is 1. The van der Waals surface area contributed by atoms with Crippen molar-refractivity contribution in [2.75, 3.05) is 0 Å². The average molecular weight is 268 g/mol. The number of nitrogens with zero attached hydrogens (tertiary/aromatic N) is 2. The molecule has 0 N–H and O–H groups in total. The van der Waals surface area contributed by atoms with Crippen LogP contribution in [0.4, 0.5) is 5.69 Å². The van der Waals surface area contributed by atoms with Crippen LogP contribution >= 0.6 is 0 Å². The molecule has 0 aliphatic carbocycles. The predicted molar refractivity (Wildman–Crippen MR) is 80.3 cm³/mol. The molecular weight excluding hydrogens is 252 g/mol. The molecular formula is C16H16N2O2. The lowest BCUT2D eigenvalue weighted by atomic mass is 10.1. The summed E-state index contributed by atoms with van der Waals surface area (Å²) in [4.78, 5) is 14.6. The Kier molecular flexibility index (Phi) is 4.60. The highest BCUT2D eigenvalue weighted by atomic mass is 16.6. The number of aliphatic imine (C=N–C) groups is 1. The Bertz CT molecular complexity index is 592. The van der Waals surface area contributed by atoms with Crippen LogP contribution in [0, 0.1) is 10.1 Å². The highest BCUT2D eigenvalue weighted by molar-refractivity contribution is 5.80. The summed E-state index contributed by atoms with van der Waals surface area (Å²) in [5, 5.41) is 10.6. The summed E-state index contributed by atoms with van der Waals surface area (Å²) in [5.74, 6) is 0. The fourth-order valence-corrected chi connectivity index (χ4v) is 1.90. The SMILES string of the molecule is C[C@H](Cc1ccccc1)N=Cc1ccc([N+](=O)[O-])cc1. The Morgan fingerprint density at radius 3 is 2.40 bits per heavy atom. The van der Waals surface area contributed by atoms with Gasteiger partial charge in [-0.05, 0) is 36.6 Å².